The normalized spacial score (nSPS) is 11.9. The maximum atomic E-state index is 12.7. The van der Waals surface area contributed by atoms with Gasteiger partial charge in [0.1, 0.15) is 5.75 Å². The van der Waals surface area contributed by atoms with Crippen LogP contribution in [-0.4, -0.2) is 10.1 Å². The molecule has 0 atom stereocenters. The predicted octanol–water partition coefficient (Wildman–Crippen LogP) is 5.87. The summed E-state index contributed by atoms with van der Waals surface area (Å²) in [6.45, 7) is 1.93. The quantitative estimate of drug-likeness (QED) is 0.586. The van der Waals surface area contributed by atoms with Crippen molar-refractivity contribution in [2.75, 3.05) is 0 Å². The van der Waals surface area contributed by atoms with Gasteiger partial charge in [0, 0.05) is 27.5 Å². The van der Waals surface area contributed by atoms with Gasteiger partial charge in [-0.1, -0.05) is 35.0 Å². The molecule has 0 amide bonds. The van der Waals surface area contributed by atoms with E-state index in [4.69, 9.17) is 0 Å². The van der Waals surface area contributed by atoms with Gasteiger partial charge in [-0.15, -0.1) is 0 Å². The second-order valence-corrected chi connectivity index (χ2v) is 6.69. The molecule has 3 rings (SSSR count). The maximum absolute atomic E-state index is 12.7. The van der Waals surface area contributed by atoms with Crippen molar-refractivity contribution in [3.63, 3.8) is 0 Å². The van der Waals surface area contributed by atoms with Crippen LogP contribution in [0.2, 0.25) is 0 Å². The first kappa shape index (κ1) is 17.7. The van der Waals surface area contributed by atoms with Crippen molar-refractivity contribution >= 4 is 26.8 Å². The highest BCUT2D eigenvalue weighted by atomic mass is 79.9. The molecule has 2 aromatic carbocycles. The standard InChI is InChI=1S/C19H15BrF3NO/c1-2-16-14(9-11-3-5-12(6-4-11)19(21,22)23)18(25)15-10-13(20)7-8-17(15)24-16/h3-8,10H,2,9H2,1H3,(H,24,25). The Kier molecular flexibility index (Phi) is 4.73. The summed E-state index contributed by atoms with van der Waals surface area (Å²) in [6, 6.07) is 10.4. The van der Waals surface area contributed by atoms with Crippen LogP contribution in [0, 0.1) is 0 Å². The van der Waals surface area contributed by atoms with Gasteiger partial charge in [0.05, 0.1) is 11.1 Å². The number of benzene rings is 2. The Morgan fingerprint density at radius 3 is 2.36 bits per heavy atom. The molecular formula is C19H15BrF3NO. The molecule has 6 heteroatoms. The maximum Gasteiger partial charge on any atom is 0.416 e. The lowest BCUT2D eigenvalue weighted by molar-refractivity contribution is -0.137. The Hall–Kier alpha value is -2.08. The number of aromatic hydroxyl groups is 1. The third-order valence-electron chi connectivity index (χ3n) is 4.10. The van der Waals surface area contributed by atoms with Crippen molar-refractivity contribution in [3.05, 3.63) is 69.3 Å². The molecule has 25 heavy (non-hydrogen) atoms. The van der Waals surface area contributed by atoms with E-state index < -0.39 is 11.7 Å². The van der Waals surface area contributed by atoms with Crippen LogP contribution in [0.15, 0.2) is 46.9 Å². The van der Waals surface area contributed by atoms with Gasteiger partial charge in [0.25, 0.3) is 0 Å². The average Bonchev–Trinajstić information content (AvgIpc) is 2.57. The van der Waals surface area contributed by atoms with Crippen molar-refractivity contribution in [3.8, 4) is 5.75 Å². The fourth-order valence-electron chi connectivity index (χ4n) is 2.80. The zero-order chi connectivity index (χ0) is 18.2. The molecule has 1 heterocycles. The van der Waals surface area contributed by atoms with Crippen LogP contribution in [0.4, 0.5) is 13.2 Å². The zero-order valence-corrected chi connectivity index (χ0v) is 14.9. The fourth-order valence-corrected chi connectivity index (χ4v) is 3.16. The first-order valence-electron chi connectivity index (χ1n) is 7.75. The Morgan fingerprint density at radius 1 is 1.08 bits per heavy atom. The van der Waals surface area contributed by atoms with Crippen molar-refractivity contribution in [1.29, 1.82) is 0 Å². The van der Waals surface area contributed by atoms with Crippen LogP contribution in [0.1, 0.15) is 29.3 Å². The Balaban J connectivity index is 2.04. The number of pyridine rings is 1. The highest BCUT2D eigenvalue weighted by Crippen LogP contribution is 2.34. The molecule has 130 valence electrons. The van der Waals surface area contributed by atoms with Crippen LogP contribution in [0.5, 0.6) is 5.75 Å². The van der Waals surface area contributed by atoms with Crippen molar-refractivity contribution in [2.45, 2.75) is 25.9 Å². The summed E-state index contributed by atoms with van der Waals surface area (Å²) in [5.41, 5.74) is 2.08. The van der Waals surface area contributed by atoms with Crippen LogP contribution >= 0.6 is 15.9 Å². The number of hydrogen-bond donors (Lipinski definition) is 1. The summed E-state index contributed by atoms with van der Waals surface area (Å²) in [6.07, 6.45) is -3.41. The van der Waals surface area contributed by atoms with E-state index in [0.717, 1.165) is 22.3 Å². The SMILES string of the molecule is CCc1nc2ccc(Br)cc2c(O)c1Cc1ccc(C(F)(F)F)cc1. The number of aryl methyl sites for hydroxylation is 1. The fraction of sp³-hybridized carbons (Fsp3) is 0.211. The highest BCUT2D eigenvalue weighted by molar-refractivity contribution is 9.10. The molecule has 0 radical (unpaired) electrons. The van der Waals surface area contributed by atoms with E-state index in [-0.39, 0.29) is 5.75 Å². The molecule has 1 aromatic heterocycles. The molecule has 2 nitrogen and oxygen atoms in total. The topological polar surface area (TPSA) is 33.1 Å². The van der Waals surface area contributed by atoms with Crippen LogP contribution < -0.4 is 0 Å². The largest absolute Gasteiger partial charge is 0.507 e. The summed E-state index contributed by atoms with van der Waals surface area (Å²) < 4.78 is 38.9. The molecule has 0 aliphatic rings. The van der Waals surface area contributed by atoms with E-state index in [1.54, 1.807) is 6.07 Å². The molecular weight excluding hydrogens is 395 g/mol. The summed E-state index contributed by atoms with van der Waals surface area (Å²) >= 11 is 3.37. The number of aromatic nitrogens is 1. The Labute approximate surface area is 151 Å². The van der Waals surface area contributed by atoms with Gasteiger partial charge in [-0.3, -0.25) is 4.98 Å². The number of hydrogen-bond acceptors (Lipinski definition) is 2. The third kappa shape index (κ3) is 3.63. The first-order chi connectivity index (χ1) is 11.8. The lowest BCUT2D eigenvalue weighted by atomic mass is 9.98. The van der Waals surface area contributed by atoms with E-state index in [1.165, 1.54) is 12.1 Å². The molecule has 0 saturated carbocycles. The average molecular weight is 410 g/mol. The molecule has 0 aliphatic carbocycles. The minimum Gasteiger partial charge on any atom is -0.507 e. The summed E-state index contributed by atoms with van der Waals surface area (Å²) in [5.74, 6) is 0.128. The minimum atomic E-state index is -4.36. The second-order valence-electron chi connectivity index (χ2n) is 5.77. The summed E-state index contributed by atoms with van der Waals surface area (Å²) in [7, 11) is 0. The monoisotopic (exact) mass is 409 g/mol. The lowest BCUT2D eigenvalue weighted by Crippen LogP contribution is -2.05. The number of alkyl halides is 3. The van der Waals surface area contributed by atoms with E-state index in [9.17, 15) is 18.3 Å². The van der Waals surface area contributed by atoms with Crippen molar-refractivity contribution in [2.24, 2.45) is 0 Å². The van der Waals surface area contributed by atoms with Crippen LogP contribution in [0.25, 0.3) is 10.9 Å². The lowest BCUT2D eigenvalue weighted by Gasteiger charge is -2.14. The molecule has 3 aromatic rings. The van der Waals surface area contributed by atoms with E-state index in [1.807, 2.05) is 19.1 Å². The molecule has 1 N–H and O–H groups in total. The van der Waals surface area contributed by atoms with Crippen molar-refractivity contribution < 1.29 is 18.3 Å². The predicted molar refractivity (Wildman–Crippen MR) is 94.7 cm³/mol. The zero-order valence-electron chi connectivity index (χ0n) is 13.4. The van der Waals surface area contributed by atoms with Gasteiger partial charge in [0.15, 0.2) is 0 Å². The highest BCUT2D eigenvalue weighted by Gasteiger charge is 2.30. The number of halogens is 4. The van der Waals surface area contributed by atoms with Crippen LogP contribution in [0.3, 0.4) is 0 Å². The van der Waals surface area contributed by atoms with Crippen molar-refractivity contribution in [1.82, 2.24) is 4.98 Å². The summed E-state index contributed by atoms with van der Waals surface area (Å²) in [4.78, 5) is 4.59. The van der Waals surface area contributed by atoms with Gasteiger partial charge in [-0.25, -0.2) is 0 Å². The molecule has 0 bridgehead atoms. The molecule has 0 fully saturated rings. The third-order valence-corrected chi connectivity index (χ3v) is 4.59. The van der Waals surface area contributed by atoms with Crippen LogP contribution in [-0.2, 0) is 19.0 Å². The number of fused-ring (bicyclic) bond motifs is 1. The van der Waals surface area contributed by atoms with E-state index in [2.05, 4.69) is 20.9 Å². The molecule has 0 spiro atoms. The van der Waals surface area contributed by atoms with Gasteiger partial charge in [-0.2, -0.15) is 13.2 Å². The molecule has 0 unspecified atom stereocenters. The van der Waals surface area contributed by atoms with E-state index >= 15 is 0 Å². The number of nitrogens with zero attached hydrogens (tertiary/aromatic N) is 1. The Bertz CT molecular complexity index is 921. The van der Waals surface area contributed by atoms with Gasteiger partial charge < -0.3 is 5.11 Å². The minimum absolute atomic E-state index is 0.128. The number of rotatable bonds is 3. The van der Waals surface area contributed by atoms with Gasteiger partial charge >= 0.3 is 6.18 Å². The van der Waals surface area contributed by atoms with E-state index in [0.29, 0.717) is 34.9 Å². The molecule has 0 aliphatic heterocycles. The van der Waals surface area contributed by atoms with Gasteiger partial charge in [-0.05, 0) is 42.3 Å². The smallest absolute Gasteiger partial charge is 0.416 e. The first-order valence-corrected chi connectivity index (χ1v) is 8.55. The molecule has 0 saturated heterocycles. The Morgan fingerprint density at radius 2 is 1.76 bits per heavy atom. The second kappa shape index (κ2) is 6.67. The summed E-state index contributed by atoms with van der Waals surface area (Å²) in [5, 5.41) is 11.3. The van der Waals surface area contributed by atoms with Gasteiger partial charge in [0.2, 0.25) is 0 Å².